The van der Waals surface area contributed by atoms with Crippen molar-refractivity contribution in [3.8, 4) is 0 Å². The minimum atomic E-state index is -3.64. The maximum Gasteiger partial charge on any atom is 0.267 e. The molecule has 0 spiro atoms. The highest BCUT2D eigenvalue weighted by Crippen LogP contribution is 2.15. The number of aromatic nitrogens is 1. The van der Waals surface area contributed by atoms with E-state index in [0.717, 1.165) is 3.97 Å². The molecule has 0 saturated carbocycles. The number of rotatable bonds is 4. The van der Waals surface area contributed by atoms with Crippen molar-refractivity contribution in [2.45, 2.75) is 4.90 Å². The van der Waals surface area contributed by atoms with E-state index in [1.54, 1.807) is 18.2 Å². The summed E-state index contributed by atoms with van der Waals surface area (Å²) < 4.78 is 25.4. The van der Waals surface area contributed by atoms with Crippen LogP contribution in [0, 0.1) is 0 Å². The lowest BCUT2D eigenvalue weighted by atomic mass is 10.2. The maximum atomic E-state index is 12.2. The van der Waals surface area contributed by atoms with E-state index >= 15 is 0 Å². The third-order valence-electron chi connectivity index (χ3n) is 2.43. The zero-order chi connectivity index (χ0) is 13.2. The van der Waals surface area contributed by atoms with E-state index in [-0.39, 0.29) is 22.1 Å². The lowest BCUT2D eigenvalue weighted by Gasteiger charge is -2.04. The molecule has 6 heteroatoms. The molecular weight excluding hydrogens is 274 g/mol. The number of carbonyl (C=O) groups excluding carboxylic acids is 1. The van der Waals surface area contributed by atoms with Gasteiger partial charge in [0.25, 0.3) is 10.0 Å². The minimum absolute atomic E-state index is 0.171. The molecule has 0 aliphatic heterocycles. The Kier molecular flexibility index (Phi) is 3.54. The average molecular weight is 284 g/mol. The molecule has 0 fully saturated rings. The molecule has 1 heterocycles. The predicted octanol–water partition coefficient (Wildman–Crippen LogP) is 2.15. The first-order valence-electron chi connectivity index (χ1n) is 5.13. The van der Waals surface area contributed by atoms with E-state index in [9.17, 15) is 13.2 Å². The van der Waals surface area contributed by atoms with E-state index in [2.05, 4.69) is 0 Å². The van der Waals surface area contributed by atoms with Crippen molar-refractivity contribution in [2.24, 2.45) is 0 Å². The van der Waals surface area contributed by atoms with E-state index in [1.807, 2.05) is 0 Å². The van der Waals surface area contributed by atoms with Gasteiger partial charge in [-0.1, -0.05) is 18.2 Å². The molecule has 0 aliphatic rings. The molecule has 2 rings (SSSR count). The summed E-state index contributed by atoms with van der Waals surface area (Å²) in [7, 11) is -3.64. The van der Waals surface area contributed by atoms with Crippen molar-refractivity contribution >= 4 is 27.4 Å². The first-order chi connectivity index (χ1) is 8.55. The highest BCUT2D eigenvalue weighted by atomic mass is 35.5. The van der Waals surface area contributed by atoms with Gasteiger partial charge in [-0.3, -0.25) is 4.79 Å². The fraction of sp³-hybridized carbons (Fsp3) is 0.0833. The van der Waals surface area contributed by atoms with Crippen molar-refractivity contribution in [2.75, 3.05) is 5.88 Å². The summed E-state index contributed by atoms with van der Waals surface area (Å²) in [6.45, 7) is 0. The van der Waals surface area contributed by atoms with Crippen molar-refractivity contribution in [3.63, 3.8) is 0 Å². The number of hydrogen-bond donors (Lipinski definition) is 0. The molecule has 0 atom stereocenters. The number of carbonyl (C=O) groups is 1. The molecule has 0 unspecified atom stereocenters. The highest BCUT2D eigenvalue weighted by molar-refractivity contribution is 7.90. The maximum absolute atomic E-state index is 12.2. The SMILES string of the molecule is O=C(CCl)c1ccn(S(=O)(=O)c2ccccc2)c1. The molecule has 0 aliphatic carbocycles. The van der Waals surface area contributed by atoms with Crippen LogP contribution in [-0.2, 0) is 10.0 Å². The molecule has 0 bridgehead atoms. The molecular formula is C12H10ClNO3S. The minimum Gasteiger partial charge on any atom is -0.293 e. The van der Waals surface area contributed by atoms with Gasteiger partial charge in [-0.15, -0.1) is 11.6 Å². The van der Waals surface area contributed by atoms with Crippen molar-refractivity contribution in [1.29, 1.82) is 0 Å². The monoisotopic (exact) mass is 283 g/mol. The van der Waals surface area contributed by atoms with Crippen LogP contribution in [0.15, 0.2) is 53.7 Å². The van der Waals surface area contributed by atoms with Gasteiger partial charge in [0.15, 0.2) is 5.78 Å². The van der Waals surface area contributed by atoms with Crippen LogP contribution in [0.5, 0.6) is 0 Å². The molecule has 2 aromatic rings. The van der Waals surface area contributed by atoms with Gasteiger partial charge < -0.3 is 0 Å². The molecule has 1 aromatic carbocycles. The second-order valence-corrected chi connectivity index (χ2v) is 5.72. The van der Waals surface area contributed by atoms with Gasteiger partial charge in [0, 0.05) is 18.0 Å². The van der Waals surface area contributed by atoms with Gasteiger partial charge >= 0.3 is 0 Å². The summed E-state index contributed by atoms with van der Waals surface area (Å²) in [5, 5.41) is 0. The van der Waals surface area contributed by atoms with Gasteiger partial charge in [-0.25, -0.2) is 12.4 Å². The Bertz CT molecular complexity index is 662. The molecule has 0 N–H and O–H groups in total. The Morgan fingerprint density at radius 2 is 1.83 bits per heavy atom. The van der Waals surface area contributed by atoms with Crippen LogP contribution in [0.4, 0.5) is 0 Å². The van der Waals surface area contributed by atoms with Crippen LogP contribution in [-0.4, -0.2) is 24.1 Å². The summed E-state index contributed by atoms with van der Waals surface area (Å²) in [4.78, 5) is 11.5. The summed E-state index contributed by atoms with van der Waals surface area (Å²) in [6.07, 6.45) is 2.61. The Balaban J connectivity index is 2.43. The van der Waals surface area contributed by atoms with E-state index in [4.69, 9.17) is 11.6 Å². The van der Waals surface area contributed by atoms with Crippen molar-refractivity contribution < 1.29 is 13.2 Å². The number of alkyl halides is 1. The molecule has 4 nitrogen and oxygen atoms in total. The molecule has 0 saturated heterocycles. The standard InChI is InChI=1S/C12H10ClNO3S/c13-8-12(15)10-6-7-14(9-10)18(16,17)11-4-2-1-3-5-11/h1-7,9H,8H2. The van der Waals surface area contributed by atoms with Crippen molar-refractivity contribution in [3.05, 3.63) is 54.4 Å². The van der Waals surface area contributed by atoms with Gasteiger partial charge in [0.2, 0.25) is 0 Å². The van der Waals surface area contributed by atoms with Gasteiger partial charge in [0.05, 0.1) is 10.8 Å². The Morgan fingerprint density at radius 1 is 1.17 bits per heavy atom. The molecule has 94 valence electrons. The summed E-state index contributed by atoms with van der Waals surface area (Å²) >= 11 is 5.42. The van der Waals surface area contributed by atoms with Crippen LogP contribution in [0.3, 0.4) is 0 Å². The summed E-state index contributed by atoms with van der Waals surface area (Å²) in [6, 6.07) is 9.45. The molecule has 1 aromatic heterocycles. The number of nitrogens with zero attached hydrogens (tertiary/aromatic N) is 1. The van der Waals surface area contributed by atoms with Crippen LogP contribution in [0.25, 0.3) is 0 Å². The van der Waals surface area contributed by atoms with Crippen molar-refractivity contribution in [1.82, 2.24) is 3.97 Å². The smallest absolute Gasteiger partial charge is 0.267 e. The Morgan fingerprint density at radius 3 is 2.44 bits per heavy atom. The van der Waals surface area contributed by atoms with E-state index in [1.165, 1.54) is 30.6 Å². The first-order valence-corrected chi connectivity index (χ1v) is 7.11. The topological polar surface area (TPSA) is 56.1 Å². The largest absolute Gasteiger partial charge is 0.293 e. The average Bonchev–Trinajstić information content (AvgIpc) is 2.89. The number of benzene rings is 1. The molecule has 0 amide bonds. The third-order valence-corrected chi connectivity index (χ3v) is 4.32. The van der Waals surface area contributed by atoms with E-state index < -0.39 is 10.0 Å². The third kappa shape index (κ3) is 2.32. The fourth-order valence-corrected chi connectivity index (χ4v) is 2.85. The summed E-state index contributed by atoms with van der Waals surface area (Å²) in [5.74, 6) is -0.478. The zero-order valence-corrected chi connectivity index (χ0v) is 10.9. The molecule has 0 radical (unpaired) electrons. The van der Waals surface area contributed by atoms with Crippen LogP contribution in [0.1, 0.15) is 10.4 Å². The number of ketones is 1. The number of Topliss-reactive ketones (excluding diaryl/α,β-unsaturated/α-hetero) is 1. The predicted molar refractivity (Wildman–Crippen MR) is 68.5 cm³/mol. The normalized spacial score (nSPS) is 11.4. The van der Waals surface area contributed by atoms with Crippen LogP contribution in [0.2, 0.25) is 0 Å². The highest BCUT2D eigenvalue weighted by Gasteiger charge is 2.17. The van der Waals surface area contributed by atoms with Gasteiger partial charge in [-0.05, 0) is 18.2 Å². The first kappa shape index (κ1) is 12.9. The molecule has 18 heavy (non-hydrogen) atoms. The van der Waals surface area contributed by atoms with E-state index in [0.29, 0.717) is 0 Å². The summed E-state index contributed by atoms with van der Waals surface area (Å²) in [5.41, 5.74) is 0.282. The zero-order valence-electron chi connectivity index (χ0n) is 9.28. The van der Waals surface area contributed by atoms with Gasteiger partial charge in [-0.2, -0.15) is 0 Å². The lowest BCUT2D eigenvalue weighted by molar-refractivity contribution is 0.102. The van der Waals surface area contributed by atoms with Crippen LogP contribution >= 0.6 is 11.6 Å². The lowest BCUT2D eigenvalue weighted by Crippen LogP contribution is -2.11. The van der Waals surface area contributed by atoms with Crippen LogP contribution < -0.4 is 0 Å². The number of hydrogen-bond acceptors (Lipinski definition) is 3. The quantitative estimate of drug-likeness (QED) is 0.638. The second kappa shape index (κ2) is 4.96. The fourth-order valence-electron chi connectivity index (χ4n) is 1.48. The van der Waals surface area contributed by atoms with Gasteiger partial charge in [0.1, 0.15) is 0 Å². The Hall–Kier alpha value is -1.59. The Labute approximate surface area is 110 Å². The number of halogens is 1. The second-order valence-electron chi connectivity index (χ2n) is 3.60.